The highest BCUT2D eigenvalue weighted by Crippen LogP contribution is 2.17. The molecule has 3 aromatic rings. The molecular formula is C13H9N3O3S. The van der Waals surface area contributed by atoms with Crippen molar-refractivity contribution in [2.45, 2.75) is 6.42 Å². The molecule has 0 spiro atoms. The van der Waals surface area contributed by atoms with E-state index in [1.807, 2.05) is 5.38 Å². The maximum absolute atomic E-state index is 11.8. The SMILES string of the molecule is O=c1[nH]c(Cc2cccc([N+](=O)[O-])c2)nc2ccsc12. The van der Waals surface area contributed by atoms with Gasteiger partial charge in [0, 0.05) is 18.6 Å². The van der Waals surface area contributed by atoms with Crippen molar-refractivity contribution in [3.05, 3.63) is 67.6 Å². The van der Waals surface area contributed by atoms with Gasteiger partial charge < -0.3 is 4.98 Å². The van der Waals surface area contributed by atoms with Gasteiger partial charge in [-0.25, -0.2) is 4.98 Å². The number of thiophene rings is 1. The zero-order chi connectivity index (χ0) is 14.1. The van der Waals surface area contributed by atoms with Gasteiger partial charge in [-0.1, -0.05) is 12.1 Å². The van der Waals surface area contributed by atoms with E-state index in [0.717, 1.165) is 5.56 Å². The molecule has 2 aromatic heterocycles. The molecule has 0 saturated carbocycles. The molecule has 7 heteroatoms. The smallest absolute Gasteiger partial charge is 0.269 e. The van der Waals surface area contributed by atoms with E-state index in [4.69, 9.17) is 0 Å². The highest BCUT2D eigenvalue weighted by atomic mass is 32.1. The Morgan fingerprint density at radius 2 is 2.20 bits per heavy atom. The summed E-state index contributed by atoms with van der Waals surface area (Å²) in [5.41, 5.74) is 1.24. The normalized spacial score (nSPS) is 10.8. The van der Waals surface area contributed by atoms with Crippen molar-refractivity contribution >= 4 is 27.2 Å². The third-order valence-electron chi connectivity index (χ3n) is 2.86. The predicted molar refractivity (Wildman–Crippen MR) is 76.1 cm³/mol. The van der Waals surface area contributed by atoms with E-state index in [-0.39, 0.29) is 11.2 Å². The second-order valence-corrected chi connectivity index (χ2v) is 5.17. The minimum absolute atomic E-state index is 0.0291. The van der Waals surface area contributed by atoms with Crippen molar-refractivity contribution in [3.8, 4) is 0 Å². The average Bonchev–Trinajstić information content (AvgIpc) is 2.88. The van der Waals surface area contributed by atoms with E-state index < -0.39 is 4.92 Å². The third kappa shape index (κ3) is 2.30. The summed E-state index contributed by atoms with van der Waals surface area (Å²) in [6.07, 6.45) is 0.350. The fourth-order valence-electron chi connectivity index (χ4n) is 1.98. The fraction of sp³-hybridized carbons (Fsp3) is 0.0769. The van der Waals surface area contributed by atoms with Crippen LogP contribution in [-0.2, 0) is 6.42 Å². The number of hydrogen-bond acceptors (Lipinski definition) is 5. The Morgan fingerprint density at radius 1 is 1.35 bits per heavy atom. The Balaban J connectivity index is 1.98. The Hall–Kier alpha value is -2.54. The maximum atomic E-state index is 11.8. The quantitative estimate of drug-likeness (QED) is 0.592. The number of nitro groups is 1. The van der Waals surface area contributed by atoms with Crippen molar-refractivity contribution < 1.29 is 4.92 Å². The van der Waals surface area contributed by atoms with E-state index in [2.05, 4.69) is 9.97 Å². The van der Waals surface area contributed by atoms with Crippen LogP contribution in [0.5, 0.6) is 0 Å². The van der Waals surface area contributed by atoms with Crippen LogP contribution in [0.2, 0.25) is 0 Å². The lowest BCUT2D eigenvalue weighted by molar-refractivity contribution is -0.384. The Morgan fingerprint density at radius 3 is 3.00 bits per heavy atom. The summed E-state index contributed by atoms with van der Waals surface area (Å²) >= 11 is 1.34. The van der Waals surface area contributed by atoms with Gasteiger partial charge in [0.05, 0.1) is 10.4 Å². The Kier molecular flexibility index (Phi) is 3.03. The van der Waals surface area contributed by atoms with Crippen LogP contribution >= 0.6 is 11.3 Å². The largest absolute Gasteiger partial charge is 0.309 e. The van der Waals surface area contributed by atoms with Gasteiger partial charge in [-0.15, -0.1) is 11.3 Å². The number of fused-ring (bicyclic) bond motifs is 1. The lowest BCUT2D eigenvalue weighted by atomic mass is 10.1. The van der Waals surface area contributed by atoms with Crippen molar-refractivity contribution in [2.24, 2.45) is 0 Å². The van der Waals surface area contributed by atoms with Crippen molar-refractivity contribution in [1.82, 2.24) is 9.97 Å². The summed E-state index contributed by atoms with van der Waals surface area (Å²) < 4.78 is 0.591. The molecule has 0 amide bonds. The van der Waals surface area contributed by atoms with Gasteiger partial charge in [-0.2, -0.15) is 0 Å². The number of H-pyrrole nitrogens is 1. The van der Waals surface area contributed by atoms with Crippen LogP contribution in [0.25, 0.3) is 10.2 Å². The van der Waals surface area contributed by atoms with E-state index in [1.165, 1.54) is 23.5 Å². The number of nitrogens with zero attached hydrogens (tertiary/aromatic N) is 2. The summed E-state index contributed by atoms with van der Waals surface area (Å²) in [4.78, 5) is 29.2. The number of nitro benzene ring substituents is 1. The standard InChI is InChI=1S/C13H9N3O3S/c17-13-12-10(4-5-20-12)14-11(15-13)7-8-2-1-3-9(6-8)16(18)19/h1-6H,7H2,(H,14,15,17). The van der Waals surface area contributed by atoms with Crippen LogP contribution < -0.4 is 5.56 Å². The minimum atomic E-state index is -0.443. The van der Waals surface area contributed by atoms with E-state index >= 15 is 0 Å². The summed E-state index contributed by atoms with van der Waals surface area (Å²) in [7, 11) is 0. The third-order valence-corrected chi connectivity index (χ3v) is 3.76. The van der Waals surface area contributed by atoms with E-state index in [0.29, 0.717) is 22.5 Å². The van der Waals surface area contributed by atoms with E-state index in [1.54, 1.807) is 18.2 Å². The maximum Gasteiger partial charge on any atom is 0.269 e. The van der Waals surface area contributed by atoms with Gasteiger partial charge in [-0.05, 0) is 17.0 Å². The minimum Gasteiger partial charge on any atom is -0.309 e. The number of aromatic nitrogens is 2. The van der Waals surface area contributed by atoms with Crippen LogP contribution in [0.1, 0.15) is 11.4 Å². The van der Waals surface area contributed by atoms with Crippen LogP contribution in [0.4, 0.5) is 5.69 Å². The van der Waals surface area contributed by atoms with Crippen molar-refractivity contribution in [3.63, 3.8) is 0 Å². The number of hydrogen-bond donors (Lipinski definition) is 1. The summed E-state index contributed by atoms with van der Waals surface area (Å²) in [6, 6.07) is 8.09. The van der Waals surface area contributed by atoms with Crippen molar-refractivity contribution in [2.75, 3.05) is 0 Å². The first-order valence-electron chi connectivity index (χ1n) is 5.83. The van der Waals surface area contributed by atoms with Crippen LogP contribution in [0.3, 0.4) is 0 Å². The first-order chi connectivity index (χ1) is 9.63. The lowest BCUT2D eigenvalue weighted by Gasteiger charge is -2.01. The van der Waals surface area contributed by atoms with E-state index in [9.17, 15) is 14.9 Å². The first-order valence-corrected chi connectivity index (χ1v) is 6.71. The molecular weight excluding hydrogens is 278 g/mol. The molecule has 0 fully saturated rings. The summed E-state index contributed by atoms with van der Waals surface area (Å²) in [5, 5.41) is 12.5. The van der Waals surface area contributed by atoms with Gasteiger partial charge in [0.2, 0.25) is 0 Å². The molecule has 100 valence electrons. The van der Waals surface area contributed by atoms with Crippen LogP contribution in [-0.4, -0.2) is 14.9 Å². The molecule has 1 aromatic carbocycles. The molecule has 0 saturated heterocycles. The predicted octanol–water partition coefficient (Wildman–Crippen LogP) is 2.48. The molecule has 0 unspecified atom stereocenters. The topological polar surface area (TPSA) is 88.9 Å². The highest BCUT2D eigenvalue weighted by molar-refractivity contribution is 7.17. The van der Waals surface area contributed by atoms with Crippen LogP contribution in [0, 0.1) is 10.1 Å². The van der Waals surface area contributed by atoms with Gasteiger partial charge in [-0.3, -0.25) is 14.9 Å². The summed E-state index contributed by atoms with van der Waals surface area (Å²) in [6.45, 7) is 0. The zero-order valence-electron chi connectivity index (χ0n) is 10.2. The number of rotatable bonds is 3. The second kappa shape index (κ2) is 4.86. The van der Waals surface area contributed by atoms with Crippen LogP contribution in [0.15, 0.2) is 40.5 Å². The molecule has 0 aliphatic rings. The number of benzene rings is 1. The molecule has 0 bridgehead atoms. The van der Waals surface area contributed by atoms with Gasteiger partial charge in [0.15, 0.2) is 0 Å². The summed E-state index contributed by atoms with van der Waals surface area (Å²) in [5.74, 6) is 0.501. The molecule has 1 N–H and O–H groups in total. The highest BCUT2D eigenvalue weighted by Gasteiger charge is 2.09. The molecule has 0 atom stereocenters. The van der Waals surface area contributed by atoms with Gasteiger partial charge in [0.25, 0.3) is 11.2 Å². The average molecular weight is 287 g/mol. The van der Waals surface area contributed by atoms with Crippen molar-refractivity contribution in [1.29, 1.82) is 0 Å². The molecule has 6 nitrogen and oxygen atoms in total. The monoisotopic (exact) mass is 287 g/mol. The zero-order valence-corrected chi connectivity index (χ0v) is 11.0. The Bertz CT molecular complexity index is 853. The molecule has 0 aliphatic heterocycles. The number of nitrogens with one attached hydrogen (secondary N) is 1. The molecule has 0 aliphatic carbocycles. The fourth-order valence-corrected chi connectivity index (χ4v) is 2.70. The second-order valence-electron chi connectivity index (χ2n) is 4.25. The first kappa shape index (κ1) is 12.5. The van der Waals surface area contributed by atoms with Gasteiger partial charge >= 0.3 is 0 Å². The molecule has 20 heavy (non-hydrogen) atoms. The molecule has 0 radical (unpaired) electrons. The van der Waals surface area contributed by atoms with Gasteiger partial charge in [0.1, 0.15) is 10.5 Å². The lowest BCUT2D eigenvalue weighted by Crippen LogP contribution is -2.10. The number of non-ortho nitro benzene ring substituents is 1. The molecule has 2 heterocycles. The number of aromatic amines is 1. The molecule has 3 rings (SSSR count). The Labute approximate surface area is 116 Å².